The molecule has 0 bridgehead atoms. The SMILES string of the molecule is Cc1ccc(N=C2SCC(O)(c3ccc(Cl)c(S(N)(=O)=O)c3)N2C)cc1. The molecule has 1 saturated heterocycles. The third-order valence-corrected chi connectivity index (χ3v) is 6.77. The third kappa shape index (κ3) is 3.60. The van der Waals surface area contributed by atoms with Crippen molar-refractivity contribution >= 4 is 44.2 Å². The van der Waals surface area contributed by atoms with Gasteiger partial charge in [-0.3, -0.25) is 0 Å². The molecule has 2 aromatic rings. The maximum absolute atomic E-state index is 11.7. The van der Waals surface area contributed by atoms with Crippen LogP contribution in [-0.2, 0) is 15.7 Å². The van der Waals surface area contributed by atoms with Crippen molar-refractivity contribution in [2.45, 2.75) is 17.5 Å². The number of hydrogen-bond acceptors (Lipinski definition) is 5. The molecule has 1 fully saturated rings. The lowest BCUT2D eigenvalue weighted by molar-refractivity contribution is -0.0349. The van der Waals surface area contributed by atoms with Gasteiger partial charge in [-0.25, -0.2) is 18.5 Å². The number of halogens is 1. The van der Waals surface area contributed by atoms with E-state index in [4.69, 9.17) is 16.7 Å². The van der Waals surface area contributed by atoms with Gasteiger partial charge in [0, 0.05) is 12.6 Å². The minimum absolute atomic E-state index is 0.0155. The average Bonchev–Trinajstić information content (AvgIpc) is 2.86. The van der Waals surface area contributed by atoms with Gasteiger partial charge in [0.05, 0.1) is 16.5 Å². The Hall–Kier alpha value is -1.58. The molecule has 3 N–H and O–H groups in total. The van der Waals surface area contributed by atoms with Crippen LogP contribution in [-0.4, -0.2) is 36.4 Å². The monoisotopic (exact) mass is 411 g/mol. The van der Waals surface area contributed by atoms with Crippen molar-refractivity contribution in [2.75, 3.05) is 12.8 Å². The topological polar surface area (TPSA) is 96.0 Å². The standard InChI is InChI=1S/C17H18ClN3O3S2/c1-11-3-6-13(7-4-11)20-16-21(2)17(22,10-25-16)12-5-8-14(18)15(9-12)26(19,23)24/h3-9,22H,10H2,1-2H3,(H2,19,23,24). The molecule has 6 nitrogen and oxygen atoms in total. The molecule has 9 heteroatoms. The third-order valence-electron chi connectivity index (χ3n) is 4.20. The summed E-state index contributed by atoms with van der Waals surface area (Å²) in [5.74, 6) is 0.292. The predicted octanol–water partition coefficient (Wildman–Crippen LogP) is 2.81. The van der Waals surface area contributed by atoms with Crippen molar-refractivity contribution < 1.29 is 13.5 Å². The van der Waals surface area contributed by atoms with Gasteiger partial charge in [-0.2, -0.15) is 0 Å². The highest BCUT2D eigenvalue weighted by Gasteiger charge is 2.43. The number of amidine groups is 1. The highest BCUT2D eigenvalue weighted by molar-refractivity contribution is 8.14. The normalized spacial score (nSPS) is 22.2. The van der Waals surface area contributed by atoms with Crippen LogP contribution in [0.4, 0.5) is 5.69 Å². The van der Waals surface area contributed by atoms with Crippen molar-refractivity contribution in [1.29, 1.82) is 0 Å². The Morgan fingerprint density at radius 1 is 1.27 bits per heavy atom. The van der Waals surface area contributed by atoms with Gasteiger partial charge >= 0.3 is 0 Å². The fourth-order valence-corrected chi connectivity index (χ4v) is 4.88. The van der Waals surface area contributed by atoms with E-state index in [1.807, 2.05) is 31.2 Å². The van der Waals surface area contributed by atoms with Gasteiger partial charge in [0.1, 0.15) is 4.90 Å². The Morgan fingerprint density at radius 3 is 2.54 bits per heavy atom. The van der Waals surface area contributed by atoms with Crippen LogP contribution in [0.2, 0.25) is 5.02 Å². The quantitative estimate of drug-likeness (QED) is 0.809. The van der Waals surface area contributed by atoms with Crippen LogP contribution in [0.3, 0.4) is 0 Å². The molecule has 1 aliphatic heterocycles. The van der Waals surface area contributed by atoms with E-state index in [1.165, 1.54) is 23.9 Å². The smallest absolute Gasteiger partial charge is 0.239 e. The van der Waals surface area contributed by atoms with E-state index in [0.717, 1.165) is 11.3 Å². The summed E-state index contributed by atoms with van der Waals surface area (Å²) in [6.07, 6.45) is 0. The first kappa shape index (κ1) is 19.2. The first-order valence-electron chi connectivity index (χ1n) is 7.68. The van der Waals surface area contributed by atoms with Gasteiger partial charge < -0.3 is 10.0 Å². The number of aryl methyl sites for hydroxylation is 1. The van der Waals surface area contributed by atoms with Crippen LogP contribution < -0.4 is 5.14 Å². The van der Waals surface area contributed by atoms with Gasteiger partial charge in [0.15, 0.2) is 10.9 Å². The molecule has 0 spiro atoms. The molecule has 138 valence electrons. The van der Waals surface area contributed by atoms with Crippen molar-refractivity contribution in [3.05, 3.63) is 58.6 Å². The van der Waals surface area contributed by atoms with Gasteiger partial charge in [0.25, 0.3) is 0 Å². The summed E-state index contributed by atoms with van der Waals surface area (Å²) in [5.41, 5.74) is 0.873. The van der Waals surface area contributed by atoms with Crippen molar-refractivity contribution in [2.24, 2.45) is 10.1 Å². The fraction of sp³-hybridized carbons (Fsp3) is 0.235. The van der Waals surface area contributed by atoms with E-state index in [-0.39, 0.29) is 9.92 Å². The van der Waals surface area contributed by atoms with Crippen molar-refractivity contribution in [3.63, 3.8) is 0 Å². The second-order valence-electron chi connectivity index (χ2n) is 6.08. The number of nitrogens with zero attached hydrogens (tertiary/aromatic N) is 2. The van der Waals surface area contributed by atoms with E-state index in [0.29, 0.717) is 16.5 Å². The number of nitrogens with two attached hydrogens (primary N) is 1. The van der Waals surface area contributed by atoms with Crippen molar-refractivity contribution in [3.8, 4) is 0 Å². The zero-order valence-corrected chi connectivity index (χ0v) is 16.6. The Labute approximate surface area is 161 Å². The molecule has 1 unspecified atom stereocenters. The zero-order valence-electron chi connectivity index (χ0n) is 14.2. The fourth-order valence-electron chi connectivity index (χ4n) is 2.60. The summed E-state index contributed by atoms with van der Waals surface area (Å²) in [5, 5.41) is 17.0. The summed E-state index contributed by atoms with van der Waals surface area (Å²) in [6.45, 7) is 2.00. The lowest BCUT2D eigenvalue weighted by Gasteiger charge is -2.31. The number of aliphatic imine (C=N–C) groups is 1. The molecular formula is C17H18ClN3O3S2. The van der Waals surface area contributed by atoms with Gasteiger partial charge in [-0.05, 0) is 31.2 Å². The number of thioether (sulfide) groups is 1. The molecule has 1 heterocycles. The molecule has 26 heavy (non-hydrogen) atoms. The van der Waals surface area contributed by atoms with Crippen molar-refractivity contribution in [1.82, 2.24) is 4.90 Å². The molecule has 0 aromatic heterocycles. The number of primary sulfonamides is 1. The Balaban J connectivity index is 1.98. The Kier molecular flexibility index (Phi) is 5.06. The molecule has 1 aliphatic rings. The number of aliphatic hydroxyl groups is 1. The summed E-state index contributed by atoms with van der Waals surface area (Å²) in [4.78, 5) is 5.97. The molecule has 3 rings (SSSR count). The van der Waals surface area contributed by atoms with E-state index >= 15 is 0 Å². The maximum Gasteiger partial charge on any atom is 0.239 e. The summed E-state index contributed by atoms with van der Waals surface area (Å²) in [6, 6.07) is 12.0. The molecule has 1 atom stereocenters. The van der Waals surface area contributed by atoms with Crippen LogP contribution in [0.15, 0.2) is 52.4 Å². The summed E-state index contributed by atoms with van der Waals surface area (Å²) >= 11 is 7.32. The van der Waals surface area contributed by atoms with Crippen LogP contribution in [0.5, 0.6) is 0 Å². The first-order valence-corrected chi connectivity index (χ1v) is 10.6. The van der Waals surface area contributed by atoms with E-state index in [9.17, 15) is 13.5 Å². The molecule has 0 aliphatic carbocycles. The van der Waals surface area contributed by atoms with Gasteiger partial charge in [-0.1, -0.05) is 47.1 Å². The first-order chi connectivity index (χ1) is 12.1. The number of benzene rings is 2. The minimum Gasteiger partial charge on any atom is -0.366 e. The molecular weight excluding hydrogens is 394 g/mol. The Morgan fingerprint density at radius 2 is 1.92 bits per heavy atom. The lowest BCUT2D eigenvalue weighted by atomic mass is 10.0. The second-order valence-corrected chi connectivity index (χ2v) is 8.96. The molecule has 0 saturated carbocycles. The van der Waals surface area contributed by atoms with Crippen LogP contribution in [0, 0.1) is 6.92 Å². The maximum atomic E-state index is 11.7. The van der Waals surface area contributed by atoms with E-state index < -0.39 is 15.7 Å². The number of hydrogen-bond donors (Lipinski definition) is 2. The number of sulfonamides is 1. The number of rotatable bonds is 3. The lowest BCUT2D eigenvalue weighted by Crippen LogP contribution is -2.42. The van der Waals surface area contributed by atoms with Crippen LogP contribution in [0.25, 0.3) is 0 Å². The van der Waals surface area contributed by atoms with Gasteiger partial charge in [0.2, 0.25) is 10.0 Å². The van der Waals surface area contributed by atoms with Gasteiger partial charge in [-0.15, -0.1) is 0 Å². The minimum atomic E-state index is -3.99. The largest absolute Gasteiger partial charge is 0.366 e. The zero-order chi connectivity index (χ0) is 19.1. The van der Waals surface area contributed by atoms with Crippen LogP contribution in [0.1, 0.15) is 11.1 Å². The summed E-state index contributed by atoms with van der Waals surface area (Å²) in [7, 11) is -2.29. The second kappa shape index (κ2) is 6.86. The molecule has 0 amide bonds. The highest BCUT2D eigenvalue weighted by atomic mass is 35.5. The van der Waals surface area contributed by atoms with E-state index in [2.05, 4.69) is 4.99 Å². The average molecular weight is 412 g/mol. The highest BCUT2D eigenvalue weighted by Crippen LogP contribution is 2.40. The Bertz CT molecular complexity index is 977. The molecule has 2 aromatic carbocycles. The van der Waals surface area contributed by atoms with Crippen LogP contribution >= 0.6 is 23.4 Å². The summed E-state index contributed by atoms with van der Waals surface area (Å²) < 4.78 is 23.4. The predicted molar refractivity (Wildman–Crippen MR) is 105 cm³/mol. The molecule has 0 radical (unpaired) electrons. The van der Waals surface area contributed by atoms with E-state index in [1.54, 1.807) is 18.0 Å².